The van der Waals surface area contributed by atoms with Crippen LogP contribution >= 0.6 is 0 Å². The Bertz CT molecular complexity index is 1100. The summed E-state index contributed by atoms with van der Waals surface area (Å²) in [5.41, 5.74) is 0. The molecular weight excluding hydrogens is 791 g/mol. The number of esters is 1. The van der Waals surface area contributed by atoms with Crippen LogP contribution in [-0.2, 0) is 14.3 Å². The normalized spacial score (nSPS) is 13.5. The molecule has 0 aromatic carbocycles. The van der Waals surface area contributed by atoms with Gasteiger partial charge in [0, 0.05) is 6.42 Å². The summed E-state index contributed by atoms with van der Waals surface area (Å²) < 4.78 is 5.94. The lowest BCUT2D eigenvalue weighted by Gasteiger charge is -2.24. The van der Waals surface area contributed by atoms with E-state index in [-0.39, 0.29) is 24.9 Å². The maximum atomic E-state index is 13.2. The number of ether oxygens (including phenoxy) is 1. The molecule has 3 N–H and O–H groups in total. The van der Waals surface area contributed by atoms with Gasteiger partial charge in [0.1, 0.15) is 6.10 Å². The van der Waals surface area contributed by atoms with Crippen molar-refractivity contribution in [3.8, 4) is 0 Å². The fourth-order valence-corrected chi connectivity index (χ4v) is 8.41. The summed E-state index contributed by atoms with van der Waals surface area (Å²) in [7, 11) is 0. The molecule has 6 nitrogen and oxygen atoms in total. The third-order valence-corrected chi connectivity index (χ3v) is 12.7. The molecule has 0 aromatic heterocycles. The molecule has 64 heavy (non-hydrogen) atoms. The quantitative estimate of drug-likeness (QED) is 0.0321. The third-order valence-electron chi connectivity index (χ3n) is 12.7. The Labute approximate surface area is 397 Å². The van der Waals surface area contributed by atoms with Gasteiger partial charge in [0.25, 0.3) is 0 Å². The monoisotopic (exact) mass is 898 g/mol. The second-order valence-electron chi connectivity index (χ2n) is 19.0. The highest BCUT2D eigenvalue weighted by atomic mass is 16.5. The van der Waals surface area contributed by atoms with E-state index < -0.39 is 18.2 Å². The number of aliphatic hydroxyl groups is 2. The van der Waals surface area contributed by atoms with E-state index in [2.05, 4.69) is 74.7 Å². The molecule has 0 bridgehead atoms. The summed E-state index contributed by atoms with van der Waals surface area (Å²) in [6.45, 7) is 6.47. The van der Waals surface area contributed by atoms with E-state index in [1.165, 1.54) is 161 Å². The Kier molecular flexibility index (Phi) is 50.0. The van der Waals surface area contributed by atoms with Gasteiger partial charge in [-0.3, -0.25) is 9.59 Å². The van der Waals surface area contributed by atoms with E-state index in [1.807, 2.05) is 0 Å². The molecule has 0 saturated carbocycles. The standard InChI is InChI=1S/C58H107NO5/c1-4-7-10-13-16-19-22-25-27-28-29-30-31-33-36-39-42-45-48-51-58(63)64-54(49-46-43-40-37-34-32-26-23-20-17-14-11-8-5-2)52-57(62)59-55(53-60)56(61)50-47-44-41-38-35-24-21-18-15-12-9-6-3/h16,19,25,27,29-30,33,36,54-56,60-61H,4-15,17-18,20-24,26,28,31-32,34-35,37-53H2,1-3H3,(H,59,62)/b19-16-,27-25-,30-29-,36-33-. The average molecular weight is 898 g/mol. The number of nitrogens with one attached hydrogen (secondary N) is 1. The van der Waals surface area contributed by atoms with Crippen molar-refractivity contribution in [3.63, 3.8) is 0 Å². The lowest BCUT2D eigenvalue weighted by molar-refractivity contribution is -0.151. The predicted molar refractivity (Wildman–Crippen MR) is 278 cm³/mol. The molecule has 1 amide bonds. The van der Waals surface area contributed by atoms with Gasteiger partial charge in [0.2, 0.25) is 5.91 Å². The molecule has 6 heteroatoms. The second kappa shape index (κ2) is 51.8. The van der Waals surface area contributed by atoms with E-state index in [0.717, 1.165) is 77.0 Å². The Hall–Kier alpha value is -2.18. The third kappa shape index (κ3) is 46.4. The van der Waals surface area contributed by atoms with Crippen LogP contribution in [0.1, 0.15) is 284 Å². The Morgan fingerprint density at radius 3 is 1.22 bits per heavy atom. The summed E-state index contributed by atoms with van der Waals surface area (Å²) in [6.07, 6.45) is 63.1. The van der Waals surface area contributed by atoms with Crippen molar-refractivity contribution in [2.75, 3.05) is 6.61 Å². The zero-order chi connectivity index (χ0) is 46.7. The number of aliphatic hydroxyl groups excluding tert-OH is 2. The summed E-state index contributed by atoms with van der Waals surface area (Å²) in [6, 6.07) is -0.706. The van der Waals surface area contributed by atoms with Gasteiger partial charge in [0.15, 0.2) is 0 Å². The van der Waals surface area contributed by atoms with Crippen molar-refractivity contribution in [1.29, 1.82) is 0 Å². The fraction of sp³-hybridized carbons (Fsp3) is 0.828. The molecule has 3 unspecified atom stereocenters. The number of carbonyl (C=O) groups is 2. The molecule has 0 rings (SSSR count). The highest BCUT2D eigenvalue weighted by Gasteiger charge is 2.24. The molecule has 0 heterocycles. The number of amides is 1. The number of carbonyl (C=O) groups excluding carboxylic acids is 2. The summed E-state index contributed by atoms with van der Waals surface area (Å²) in [5, 5.41) is 23.8. The average Bonchev–Trinajstić information content (AvgIpc) is 3.29. The van der Waals surface area contributed by atoms with Crippen molar-refractivity contribution in [1.82, 2.24) is 5.32 Å². The highest BCUT2D eigenvalue weighted by molar-refractivity contribution is 5.77. The first-order chi connectivity index (χ1) is 31.5. The smallest absolute Gasteiger partial charge is 0.306 e. The maximum absolute atomic E-state index is 13.2. The summed E-state index contributed by atoms with van der Waals surface area (Å²) in [5.74, 6) is -0.499. The Balaban J connectivity index is 4.60. The molecule has 0 aliphatic heterocycles. The largest absolute Gasteiger partial charge is 0.462 e. The first kappa shape index (κ1) is 61.8. The first-order valence-corrected chi connectivity index (χ1v) is 27.9. The van der Waals surface area contributed by atoms with Gasteiger partial charge in [-0.2, -0.15) is 0 Å². The molecule has 0 aliphatic rings. The lowest BCUT2D eigenvalue weighted by Crippen LogP contribution is -2.46. The molecule has 0 spiro atoms. The first-order valence-electron chi connectivity index (χ1n) is 27.9. The van der Waals surface area contributed by atoms with Gasteiger partial charge in [-0.1, -0.05) is 249 Å². The number of unbranched alkanes of at least 4 members (excludes halogenated alkanes) is 30. The second-order valence-corrected chi connectivity index (χ2v) is 19.0. The van der Waals surface area contributed by atoms with Gasteiger partial charge < -0.3 is 20.3 Å². The summed E-state index contributed by atoms with van der Waals surface area (Å²) >= 11 is 0. The van der Waals surface area contributed by atoms with Crippen molar-refractivity contribution in [2.24, 2.45) is 0 Å². The SMILES string of the molecule is CCCCC/C=C\C/C=C\C/C=C\C/C=C\CCCCCC(=O)OC(CCCCCCCCCCCCCCCC)CC(=O)NC(CO)C(O)CCCCCCCCCCCCCC. The van der Waals surface area contributed by atoms with Crippen molar-refractivity contribution in [2.45, 2.75) is 302 Å². The van der Waals surface area contributed by atoms with Crippen LogP contribution in [0.3, 0.4) is 0 Å². The van der Waals surface area contributed by atoms with Crippen LogP contribution in [0.4, 0.5) is 0 Å². The molecule has 0 fully saturated rings. The molecular formula is C58H107NO5. The van der Waals surface area contributed by atoms with Crippen molar-refractivity contribution in [3.05, 3.63) is 48.6 Å². The van der Waals surface area contributed by atoms with Crippen LogP contribution in [0.5, 0.6) is 0 Å². The van der Waals surface area contributed by atoms with Gasteiger partial charge in [0.05, 0.1) is 25.2 Å². The van der Waals surface area contributed by atoms with Crippen LogP contribution in [0.2, 0.25) is 0 Å². The number of rotatable bonds is 50. The van der Waals surface area contributed by atoms with Crippen molar-refractivity contribution < 1.29 is 24.5 Å². The van der Waals surface area contributed by atoms with Crippen LogP contribution in [0, 0.1) is 0 Å². The van der Waals surface area contributed by atoms with E-state index in [1.54, 1.807) is 0 Å². The highest BCUT2D eigenvalue weighted by Crippen LogP contribution is 2.18. The van der Waals surface area contributed by atoms with E-state index >= 15 is 0 Å². The Morgan fingerprint density at radius 2 is 0.797 bits per heavy atom. The van der Waals surface area contributed by atoms with E-state index in [9.17, 15) is 19.8 Å². The van der Waals surface area contributed by atoms with Gasteiger partial charge in [-0.05, 0) is 70.6 Å². The summed E-state index contributed by atoms with van der Waals surface area (Å²) in [4.78, 5) is 26.2. The molecule has 0 aromatic rings. The van der Waals surface area contributed by atoms with Crippen LogP contribution in [0.15, 0.2) is 48.6 Å². The molecule has 374 valence electrons. The maximum Gasteiger partial charge on any atom is 0.306 e. The minimum absolute atomic E-state index is 0.0675. The molecule has 3 atom stereocenters. The fourth-order valence-electron chi connectivity index (χ4n) is 8.41. The van der Waals surface area contributed by atoms with Gasteiger partial charge in [-0.15, -0.1) is 0 Å². The van der Waals surface area contributed by atoms with Gasteiger partial charge >= 0.3 is 5.97 Å². The topological polar surface area (TPSA) is 95.9 Å². The van der Waals surface area contributed by atoms with E-state index in [4.69, 9.17) is 4.74 Å². The molecule has 0 saturated heterocycles. The molecule has 0 radical (unpaired) electrons. The minimum atomic E-state index is -0.792. The minimum Gasteiger partial charge on any atom is -0.462 e. The van der Waals surface area contributed by atoms with Crippen LogP contribution < -0.4 is 5.32 Å². The van der Waals surface area contributed by atoms with E-state index in [0.29, 0.717) is 19.3 Å². The van der Waals surface area contributed by atoms with Crippen LogP contribution in [-0.4, -0.2) is 46.9 Å². The zero-order valence-corrected chi connectivity index (χ0v) is 42.7. The Morgan fingerprint density at radius 1 is 0.453 bits per heavy atom. The number of hydrogen-bond donors (Lipinski definition) is 3. The zero-order valence-electron chi connectivity index (χ0n) is 42.7. The lowest BCUT2D eigenvalue weighted by atomic mass is 10.0. The molecule has 0 aliphatic carbocycles. The van der Waals surface area contributed by atoms with Crippen LogP contribution in [0.25, 0.3) is 0 Å². The van der Waals surface area contributed by atoms with Crippen molar-refractivity contribution >= 4 is 11.9 Å². The predicted octanol–water partition coefficient (Wildman–Crippen LogP) is 17.0. The number of hydrogen-bond acceptors (Lipinski definition) is 5. The number of allylic oxidation sites excluding steroid dienone is 8. The van der Waals surface area contributed by atoms with Gasteiger partial charge in [-0.25, -0.2) is 0 Å².